The van der Waals surface area contributed by atoms with Crippen LogP contribution in [0.25, 0.3) is 0 Å². The van der Waals surface area contributed by atoms with Crippen LogP contribution in [-0.4, -0.2) is 12.6 Å². The SMILES string of the molecule is CCOC(=O)c1ccoc1.c1ccccc1. The van der Waals surface area contributed by atoms with Gasteiger partial charge in [-0.25, -0.2) is 4.79 Å². The largest absolute Gasteiger partial charge is 0.472 e. The van der Waals surface area contributed by atoms with Gasteiger partial charge in [0.1, 0.15) is 6.26 Å². The Morgan fingerprint density at radius 2 is 1.75 bits per heavy atom. The predicted octanol–water partition coefficient (Wildman–Crippen LogP) is 3.14. The fourth-order valence-corrected chi connectivity index (χ4v) is 0.980. The second-order valence-corrected chi connectivity index (χ2v) is 2.89. The Morgan fingerprint density at radius 3 is 2.12 bits per heavy atom. The van der Waals surface area contributed by atoms with Crippen molar-refractivity contribution in [3.63, 3.8) is 0 Å². The van der Waals surface area contributed by atoms with Crippen LogP contribution in [0.5, 0.6) is 0 Å². The van der Waals surface area contributed by atoms with E-state index in [1.165, 1.54) is 12.5 Å². The molecule has 0 saturated carbocycles. The average molecular weight is 218 g/mol. The number of ether oxygens (including phenoxy) is 1. The van der Waals surface area contributed by atoms with Gasteiger partial charge in [0.15, 0.2) is 0 Å². The van der Waals surface area contributed by atoms with E-state index >= 15 is 0 Å². The van der Waals surface area contributed by atoms with Crippen molar-refractivity contribution >= 4 is 5.97 Å². The third kappa shape index (κ3) is 4.46. The molecule has 0 aliphatic rings. The minimum atomic E-state index is -0.337. The smallest absolute Gasteiger partial charge is 0.341 e. The van der Waals surface area contributed by atoms with Crippen LogP contribution < -0.4 is 0 Å². The summed E-state index contributed by atoms with van der Waals surface area (Å²) >= 11 is 0. The van der Waals surface area contributed by atoms with Crippen LogP contribution in [0.15, 0.2) is 59.4 Å². The summed E-state index contributed by atoms with van der Waals surface area (Å²) in [6, 6.07) is 13.6. The highest BCUT2D eigenvalue weighted by atomic mass is 16.5. The number of furan rings is 1. The Labute approximate surface area is 94.7 Å². The van der Waals surface area contributed by atoms with E-state index in [2.05, 4.69) is 9.15 Å². The Balaban J connectivity index is 0.000000181. The highest BCUT2D eigenvalue weighted by Gasteiger charge is 2.05. The number of rotatable bonds is 2. The zero-order valence-corrected chi connectivity index (χ0v) is 9.13. The van der Waals surface area contributed by atoms with E-state index in [1.54, 1.807) is 13.0 Å². The standard InChI is InChI=1S/C7H8O3.C6H6/c1-2-10-7(8)6-3-4-9-5-6;1-2-4-6-5-3-1/h3-5H,2H2,1H3;1-6H. The Kier molecular flexibility index (Phi) is 5.48. The van der Waals surface area contributed by atoms with Crippen molar-refractivity contribution in [2.75, 3.05) is 6.61 Å². The summed E-state index contributed by atoms with van der Waals surface area (Å²) in [5.41, 5.74) is 0.460. The zero-order valence-electron chi connectivity index (χ0n) is 9.13. The van der Waals surface area contributed by atoms with Crippen LogP contribution >= 0.6 is 0 Å². The van der Waals surface area contributed by atoms with E-state index in [0.717, 1.165) is 0 Å². The molecule has 0 radical (unpaired) electrons. The van der Waals surface area contributed by atoms with Crippen molar-refractivity contribution < 1.29 is 13.9 Å². The van der Waals surface area contributed by atoms with Crippen molar-refractivity contribution in [2.24, 2.45) is 0 Å². The molecule has 0 spiro atoms. The third-order valence-electron chi connectivity index (χ3n) is 1.70. The van der Waals surface area contributed by atoms with Crippen molar-refractivity contribution in [1.29, 1.82) is 0 Å². The summed E-state index contributed by atoms with van der Waals surface area (Å²) in [6.07, 6.45) is 2.80. The summed E-state index contributed by atoms with van der Waals surface area (Å²) in [7, 11) is 0. The van der Waals surface area contributed by atoms with Gasteiger partial charge in [-0.2, -0.15) is 0 Å². The molecule has 0 atom stereocenters. The van der Waals surface area contributed by atoms with Crippen LogP contribution in [-0.2, 0) is 4.74 Å². The van der Waals surface area contributed by atoms with E-state index in [1.807, 2.05) is 36.4 Å². The molecule has 0 aliphatic carbocycles. The molecule has 0 saturated heterocycles. The van der Waals surface area contributed by atoms with E-state index < -0.39 is 0 Å². The molecular weight excluding hydrogens is 204 g/mol. The van der Waals surface area contributed by atoms with Gasteiger partial charge in [-0.3, -0.25) is 0 Å². The number of carbonyl (C=O) groups is 1. The minimum Gasteiger partial charge on any atom is -0.472 e. The monoisotopic (exact) mass is 218 g/mol. The molecule has 0 N–H and O–H groups in total. The van der Waals surface area contributed by atoms with Crippen molar-refractivity contribution in [1.82, 2.24) is 0 Å². The molecule has 0 unspecified atom stereocenters. The maximum Gasteiger partial charge on any atom is 0.341 e. The third-order valence-corrected chi connectivity index (χ3v) is 1.70. The zero-order chi connectivity index (χ0) is 11.6. The van der Waals surface area contributed by atoms with E-state index in [-0.39, 0.29) is 5.97 Å². The van der Waals surface area contributed by atoms with Crippen LogP contribution in [0.1, 0.15) is 17.3 Å². The van der Waals surface area contributed by atoms with Crippen molar-refractivity contribution in [3.05, 3.63) is 60.6 Å². The van der Waals surface area contributed by atoms with Gasteiger partial charge in [-0.1, -0.05) is 36.4 Å². The van der Waals surface area contributed by atoms with Gasteiger partial charge < -0.3 is 9.15 Å². The molecule has 1 heterocycles. The second-order valence-electron chi connectivity index (χ2n) is 2.89. The highest BCUT2D eigenvalue weighted by molar-refractivity contribution is 5.88. The lowest BCUT2D eigenvalue weighted by atomic mass is 10.3. The van der Waals surface area contributed by atoms with Gasteiger partial charge in [-0.05, 0) is 13.0 Å². The predicted molar refractivity (Wildman–Crippen MR) is 61.1 cm³/mol. The van der Waals surface area contributed by atoms with Gasteiger partial charge in [0.2, 0.25) is 0 Å². The minimum absolute atomic E-state index is 0.337. The highest BCUT2D eigenvalue weighted by Crippen LogP contribution is 2.01. The average Bonchev–Trinajstić information content (AvgIpc) is 2.86. The summed E-state index contributed by atoms with van der Waals surface area (Å²) in [4.78, 5) is 10.8. The molecule has 3 nitrogen and oxygen atoms in total. The van der Waals surface area contributed by atoms with E-state index in [0.29, 0.717) is 12.2 Å². The summed E-state index contributed by atoms with van der Waals surface area (Å²) in [5.74, 6) is -0.337. The normalized spacial score (nSPS) is 8.81. The van der Waals surface area contributed by atoms with E-state index in [9.17, 15) is 4.79 Å². The lowest BCUT2D eigenvalue weighted by Gasteiger charge is -1.95. The Hall–Kier alpha value is -2.03. The first-order valence-corrected chi connectivity index (χ1v) is 5.04. The fourth-order valence-electron chi connectivity index (χ4n) is 0.980. The van der Waals surface area contributed by atoms with Crippen molar-refractivity contribution in [3.8, 4) is 0 Å². The maximum absolute atomic E-state index is 10.8. The topological polar surface area (TPSA) is 39.4 Å². The van der Waals surface area contributed by atoms with Crippen molar-refractivity contribution in [2.45, 2.75) is 6.92 Å². The van der Waals surface area contributed by atoms with Gasteiger partial charge in [0.05, 0.1) is 18.4 Å². The van der Waals surface area contributed by atoms with E-state index in [4.69, 9.17) is 0 Å². The summed E-state index contributed by atoms with van der Waals surface area (Å²) < 4.78 is 9.37. The first-order valence-electron chi connectivity index (χ1n) is 5.04. The number of benzene rings is 1. The molecule has 0 bridgehead atoms. The van der Waals surface area contributed by atoms with Gasteiger partial charge >= 0.3 is 5.97 Å². The fraction of sp³-hybridized carbons (Fsp3) is 0.154. The number of esters is 1. The molecule has 0 fully saturated rings. The first kappa shape index (κ1) is 12.0. The van der Waals surface area contributed by atoms with Gasteiger partial charge in [-0.15, -0.1) is 0 Å². The van der Waals surface area contributed by atoms with Crippen LogP contribution in [0.3, 0.4) is 0 Å². The molecule has 0 aliphatic heterocycles. The molecule has 84 valence electrons. The molecule has 16 heavy (non-hydrogen) atoms. The Morgan fingerprint density at radius 1 is 1.19 bits per heavy atom. The molecule has 1 aromatic carbocycles. The number of hydrogen-bond donors (Lipinski definition) is 0. The van der Waals surface area contributed by atoms with Gasteiger partial charge in [0, 0.05) is 0 Å². The Bertz CT molecular complexity index is 352. The molecule has 1 aromatic heterocycles. The molecule has 2 aromatic rings. The summed E-state index contributed by atoms with van der Waals surface area (Å²) in [6.45, 7) is 2.15. The summed E-state index contributed by atoms with van der Waals surface area (Å²) in [5, 5.41) is 0. The molecular formula is C13H14O3. The van der Waals surface area contributed by atoms with Crippen LogP contribution in [0.2, 0.25) is 0 Å². The molecule has 3 heteroatoms. The van der Waals surface area contributed by atoms with Crippen LogP contribution in [0.4, 0.5) is 0 Å². The molecule has 2 rings (SSSR count). The lowest BCUT2D eigenvalue weighted by molar-refractivity contribution is 0.0525. The number of carbonyl (C=O) groups excluding carboxylic acids is 1. The first-order chi connectivity index (χ1) is 7.84. The quantitative estimate of drug-likeness (QED) is 0.727. The second kappa shape index (κ2) is 7.29. The van der Waals surface area contributed by atoms with Gasteiger partial charge in [0.25, 0.3) is 0 Å². The maximum atomic E-state index is 10.8. The molecule has 0 amide bonds. The number of hydrogen-bond acceptors (Lipinski definition) is 3. The van der Waals surface area contributed by atoms with Crippen LogP contribution in [0, 0.1) is 0 Å². The lowest BCUT2D eigenvalue weighted by Crippen LogP contribution is -2.02.